The van der Waals surface area contributed by atoms with E-state index in [1.54, 1.807) is 42.0 Å². The molecule has 1 aromatic carbocycles. The molecule has 5 aromatic rings. The van der Waals surface area contributed by atoms with E-state index in [4.69, 9.17) is 4.98 Å². The van der Waals surface area contributed by atoms with Gasteiger partial charge in [-0.15, -0.1) is 0 Å². The van der Waals surface area contributed by atoms with Crippen molar-refractivity contribution in [2.45, 2.75) is 0 Å². The fourth-order valence-corrected chi connectivity index (χ4v) is 2.71. The molecule has 26 heavy (non-hydrogen) atoms. The van der Waals surface area contributed by atoms with Gasteiger partial charge in [-0.3, -0.25) is 19.1 Å². The van der Waals surface area contributed by atoms with Crippen molar-refractivity contribution >= 4 is 11.0 Å². The number of hydrogen-bond donors (Lipinski definition) is 0. The third-order valence-corrected chi connectivity index (χ3v) is 3.97. The molecular formula is C18H12N8. The summed E-state index contributed by atoms with van der Waals surface area (Å²) in [6.07, 6.45) is 13.8. The van der Waals surface area contributed by atoms with Crippen molar-refractivity contribution in [2.24, 2.45) is 0 Å². The van der Waals surface area contributed by atoms with E-state index >= 15 is 0 Å². The largest absolute Gasteiger partial charge is 0.290 e. The first-order valence-corrected chi connectivity index (χ1v) is 7.94. The minimum Gasteiger partial charge on any atom is -0.290 e. The second-order valence-electron chi connectivity index (χ2n) is 5.61. The fraction of sp³-hybridized carbons (Fsp3) is 0. The standard InChI is InChI=1S/C18H12N8/c1-2-14-16(22-4-3-21-14)9-13(1)15-10-17(25-7-5-19-11-25)24-18(23-15)26-8-6-20-12-26/h1-12H. The van der Waals surface area contributed by atoms with Crippen molar-refractivity contribution in [1.29, 1.82) is 0 Å². The third kappa shape index (κ3) is 2.49. The van der Waals surface area contributed by atoms with Crippen molar-refractivity contribution in [3.05, 3.63) is 74.1 Å². The Balaban J connectivity index is 1.71. The van der Waals surface area contributed by atoms with E-state index in [1.807, 2.05) is 41.2 Å². The summed E-state index contributed by atoms with van der Waals surface area (Å²) >= 11 is 0. The first kappa shape index (κ1) is 14.4. The average molecular weight is 340 g/mol. The Kier molecular flexibility index (Phi) is 3.24. The van der Waals surface area contributed by atoms with Gasteiger partial charge >= 0.3 is 0 Å². The Hall–Kier alpha value is -3.94. The first-order chi connectivity index (χ1) is 12.9. The summed E-state index contributed by atoms with van der Waals surface area (Å²) in [4.78, 5) is 26.2. The Morgan fingerprint density at radius 2 is 1.46 bits per heavy atom. The fourth-order valence-electron chi connectivity index (χ4n) is 2.71. The highest BCUT2D eigenvalue weighted by Gasteiger charge is 2.10. The lowest BCUT2D eigenvalue weighted by molar-refractivity contribution is 0.888. The van der Waals surface area contributed by atoms with E-state index in [9.17, 15) is 0 Å². The van der Waals surface area contributed by atoms with Crippen LogP contribution in [-0.2, 0) is 0 Å². The van der Waals surface area contributed by atoms with E-state index in [0.717, 1.165) is 28.1 Å². The highest BCUT2D eigenvalue weighted by Crippen LogP contribution is 2.23. The van der Waals surface area contributed by atoms with Crippen LogP contribution in [0.5, 0.6) is 0 Å². The molecule has 0 radical (unpaired) electrons. The van der Waals surface area contributed by atoms with Crippen molar-refractivity contribution in [3.8, 4) is 23.0 Å². The summed E-state index contributed by atoms with van der Waals surface area (Å²) in [6.45, 7) is 0. The zero-order chi connectivity index (χ0) is 17.3. The monoisotopic (exact) mass is 340 g/mol. The molecule has 8 heteroatoms. The predicted molar refractivity (Wildman–Crippen MR) is 94.8 cm³/mol. The molecule has 0 spiro atoms. The van der Waals surface area contributed by atoms with Crippen molar-refractivity contribution in [2.75, 3.05) is 0 Å². The molecule has 0 fully saturated rings. The van der Waals surface area contributed by atoms with Crippen LogP contribution in [0.1, 0.15) is 0 Å². The normalized spacial score (nSPS) is 11.1. The number of imidazole rings is 2. The van der Waals surface area contributed by atoms with E-state index in [-0.39, 0.29) is 0 Å². The molecule has 124 valence electrons. The molecule has 0 bridgehead atoms. The molecule has 8 nitrogen and oxygen atoms in total. The number of hydrogen-bond acceptors (Lipinski definition) is 6. The van der Waals surface area contributed by atoms with Gasteiger partial charge in [0.2, 0.25) is 5.95 Å². The predicted octanol–water partition coefficient (Wildman–Crippen LogP) is 2.46. The van der Waals surface area contributed by atoms with Crippen LogP contribution in [0.15, 0.2) is 74.1 Å². The van der Waals surface area contributed by atoms with Gasteiger partial charge in [0.05, 0.1) is 16.7 Å². The smallest absolute Gasteiger partial charge is 0.237 e. The quantitative estimate of drug-likeness (QED) is 0.501. The van der Waals surface area contributed by atoms with Gasteiger partial charge in [-0.05, 0) is 12.1 Å². The van der Waals surface area contributed by atoms with E-state index in [1.165, 1.54) is 0 Å². The molecule has 0 aliphatic rings. The first-order valence-electron chi connectivity index (χ1n) is 7.94. The van der Waals surface area contributed by atoms with Gasteiger partial charge in [0.25, 0.3) is 0 Å². The van der Waals surface area contributed by atoms with Gasteiger partial charge < -0.3 is 0 Å². The molecule has 0 aliphatic carbocycles. The summed E-state index contributed by atoms with van der Waals surface area (Å²) in [5, 5.41) is 0. The van der Waals surface area contributed by atoms with Crippen LogP contribution in [0.3, 0.4) is 0 Å². The zero-order valence-electron chi connectivity index (χ0n) is 13.5. The maximum atomic E-state index is 4.69. The minimum atomic E-state index is 0.531. The molecule has 0 unspecified atom stereocenters. The van der Waals surface area contributed by atoms with Crippen molar-refractivity contribution in [1.82, 2.24) is 39.0 Å². The molecule has 4 heterocycles. The van der Waals surface area contributed by atoms with Crippen LogP contribution in [0.4, 0.5) is 0 Å². The van der Waals surface area contributed by atoms with Gasteiger partial charge in [-0.2, -0.15) is 4.98 Å². The Bertz CT molecular complexity index is 1130. The van der Waals surface area contributed by atoms with E-state index < -0.39 is 0 Å². The van der Waals surface area contributed by atoms with Crippen LogP contribution in [-0.4, -0.2) is 39.0 Å². The van der Waals surface area contributed by atoms with Crippen LogP contribution >= 0.6 is 0 Å². The molecule has 5 rings (SSSR count). The highest BCUT2D eigenvalue weighted by atomic mass is 15.2. The lowest BCUT2D eigenvalue weighted by Crippen LogP contribution is -2.05. The third-order valence-electron chi connectivity index (χ3n) is 3.97. The van der Waals surface area contributed by atoms with Gasteiger partial charge in [-0.1, -0.05) is 6.07 Å². The number of fused-ring (bicyclic) bond motifs is 1. The van der Waals surface area contributed by atoms with Gasteiger partial charge in [0, 0.05) is 48.8 Å². The van der Waals surface area contributed by atoms with Crippen LogP contribution in [0, 0.1) is 0 Å². The number of nitrogens with zero attached hydrogens (tertiary/aromatic N) is 8. The Morgan fingerprint density at radius 1 is 0.692 bits per heavy atom. The molecular weight excluding hydrogens is 328 g/mol. The van der Waals surface area contributed by atoms with Crippen LogP contribution in [0.2, 0.25) is 0 Å². The summed E-state index contributed by atoms with van der Waals surface area (Å²) in [6, 6.07) is 7.81. The van der Waals surface area contributed by atoms with Gasteiger partial charge in [0.15, 0.2) is 0 Å². The molecule has 0 saturated heterocycles. The molecule has 0 saturated carbocycles. The SMILES string of the molecule is c1cn(-c2cc(-c3ccc4nccnc4c3)nc(-n3ccnc3)n2)cn1. The zero-order valence-corrected chi connectivity index (χ0v) is 13.5. The maximum Gasteiger partial charge on any atom is 0.237 e. The molecule has 4 aromatic heterocycles. The lowest BCUT2D eigenvalue weighted by atomic mass is 10.1. The molecule has 0 N–H and O–H groups in total. The summed E-state index contributed by atoms with van der Waals surface area (Å²) in [5.41, 5.74) is 3.37. The average Bonchev–Trinajstić information content (AvgIpc) is 3.41. The minimum absolute atomic E-state index is 0.531. The molecule has 0 aliphatic heterocycles. The number of rotatable bonds is 3. The van der Waals surface area contributed by atoms with E-state index in [0.29, 0.717) is 5.95 Å². The van der Waals surface area contributed by atoms with Crippen LogP contribution < -0.4 is 0 Å². The second-order valence-corrected chi connectivity index (χ2v) is 5.61. The van der Waals surface area contributed by atoms with E-state index in [2.05, 4.69) is 24.9 Å². The van der Waals surface area contributed by atoms with Crippen molar-refractivity contribution in [3.63, 3.8) is 0 Å². The summed E-state index contributed by atoms with van der Waals surface area (Å²) in [5.74, 6) is 1.25. The Labute approximate surface area is 147 Å². The second kappa shape index (κ2) is 5.85. The van der Waals surface area contributed by atoms with Gasteiger partial charge in [-0.25, -0.2) is 15.0 Å². The Morgan fingerprint density at radius 3 is 2.23 bits per heavy atom. The topological polar surface area (TPSA) is 87.2 Å². The van der Waals surface area contributed by atoms with Gasteiger partial charge in [0.1, 0.15) is 18.5 Å². The maximum absolute atomic E-state index is 4.69. The van der Waals surface area contributed by atoms with Crippen molar-refractivity contribution < 1.29 is 0 Å². The molecule has 0 amide bonds. The number of benzene rings is 1. The number of aromatic nitrogens is 8. The summed E-state index contributed by atoms with van der Waals surface area (Å²) < 4.78 is 3.61. The van der Waals surface area contributed by atoms with Crippen LogP contribution in [0.25, 0.3) is 34.1 Å². The molecule has 0 atom stereocenters. The highest BCUT2D eigenvalue weighted by molar-refractivity contribution is 5.80. The summed E-state index contributed by atoms with van der Waals surface area (Å²) in [7, 11) is 0. The lowest BCUT2D eigenvalue weighted by Gasteiger charge is -2.09.